The number of anilines is 1. The zero-order valence-corrected chi connectivity index (χ0v) is 17.1. The number of nitrogens with zero attached hydrogens (tertiary/aromatic N) is 1. The van der Waals surface area contributed by atoms with E-state index in [4.69, 9.17) is 0 Å². The second-order valence-electron chi connectivity index (χ2n) is 5.72. The summed E-state index contributed by atoms with van der Waals surface area (Å²) in [4.78, 5) is 12.2. The Balaban J connectivity index is 2.08. The van der Waals surface area contributed by atoms with Gasteiger partial charge >= 0.3 is 6.18 Å². The Bertz CT molecular complexity index is 916. The van der Waals surface area contributed by atoms with E-state index in [0.29, 0.717) is 5.69 Å². The predicted octanol–water partition coefficient (Wildman–Crippen LogP) is 3.39. The van der Waals surface area contributed by atoms with Crippen LogP contribution in [0.5, 0.6) is 0 Å². The number of hydrogen-bond donors (Lipinski definition) is 1. The molecule has 0 aliphatic carbocycles. The molecule has 0 radical (unpaired) electrons. The summed E-state index contributed by atoms with van der Waals surface area (Å²) in [6, 6.07) is 11.1. The van der Waals surface area contributed by atoms with Crippen LogP contribution < -0.4 is 9.62 Å². The van der Waals surface area contributed by atoms with Gasteiger partial charge in [0.2, 0.25) is 15.9 Å². The molecule has 0 aromatic heterocycles. The van der Waals surface area contributed by atoms with Gasteiger partial charge in [0.25, 0.3) is 0 Å². The molecular formula is C17H16F3IN2O3S. The maximum Gasteiger partial charge on any atom is 0.416 e. The molecule has 2 aromatic rings. The van der Waals surface area contributed by atoms with Crippen LogP contribution in [0.1, 0.15) is 11.1 Å². The summed E-state index contributed by atoms with van der Waals surface area (Å²) >= 11 is 2.07. The Morgan fingerprint density at radius 2 is 1.78 bits per heavy atom. The summed E-state index contributed by atoms with van der Waals surface area (Å²) < 4.78 is 64.0. The average Bonchev–Trinajstić information content (AvgIpc) is 2.57. The Hall–Kier alpha value is -1.82. The molecule has 5 nitrogen and oxygen atoms in total. The van der Waals surface area contributed by atoms with Crippen LogP contribution in [0.15, 0.2) is 48.5 Å². The number of nitrogens with one attached hydrogen (secondary N) is 1. The number of alkyl halides is 3. The second kappa shape index (κ2) is 8.46. The average molecular weight is 512 g/mol. The van der Waals surface area contributed by atoms with Gasteiger partial charge in [-0.3, -0.25) is 9.10 Å². The van der Waals surface area contributed by atoms with Gasteiger partial charge in [0.15, 0.2) is 0 Å². The molecule has 0 atom stereocenters. The largest absolute Gasteiger partial charge is 0.416 e. The standard InChI is InChI=1S/C17H16F3IN2O3S/c1-27(25,26)23(15-7-5-14(21)6-8-15)11-16(24)22-10-12-3-2-4-13(9-12)17(18,19)20/h2-9H,10-11H2,1H3,(H,22,24). The van der Waals surface area contributed by atoms with Crippen molar-refractivity contribution in [2.24, 2.45) is 0 Å². The third-order valence-electron chi connectivity index (χ3n) is 3.55. The van der Waals surface area contributed by atoms with E-state index < -0.39 is 34.2 Å². The molecule has 0 saturated carbocycles. The Labute approximate surface area is 168 Å². The molecule has 1 N–H and O–H groups in total. The summed E-state index contributed by atoms with van der Waals surface area (Å²) in [7, 11) is -3.71. The van der Waals surface area contributed by atoms with Crippen LogP contribution >= 0.6 is 22.6 Å². The van der Waals surface area contributed by atoms with Crippen molar-refractivity contribution in [3.05, 3.63) is 63.2 Å². The minimum Gasteiger partial charge on any atom is -0.350 e. The molecule has 0 saturated heterocycles. The van der Waals surface area contributed by atoms with Gasteiger partial charge in [-0.05, 0) is 64.6 Å². The quantitative estimate of drug-likeness (QED) is 0.604. The molecule has 0 bridgehead atoms. The van der Waals surface area contributed by atoms with Crippen molar-refractivity contribution in [3.63, 3.8) is 0 Å². The fraction of sp³-hybridized carbons (Fsp3) is 0.235. The van der Waals surface area contributed by atoms with Gasteiger partial charge in [0.05, 0.1) is 17.5 Å². The summed E-state index contributed by atoms with van der Waals surface area (Å²) in [5, 5.41) is 2.45. The maximum atomic E-state index is 12.7. The second-order valence-corrected chi connectivity index (χ2v) is 8.87. The highest BCUT2D eigenvalue weighted by atomic mass is 127. The van der Waals surface area contributed by atoms with Crippen LogP contribution in [0, 0.1) is 3.57 Å². The lowest BCUT2D eigenvalue weighted by Gasteiger charge is -2.22. The van der Waals surface area contributed by atoms with Crippen molar-refractivity contribution in [2.75, 3.05) is 17.1 Å². The van der Waals surface area contributed by atoms with Gasteiger partial charge in [-0.2, -0.15) is 13.2 Å². The summed E-state index contributed by atoms with van der Waals surface area (Å²) in [6.07, 6.45) is -3.50. The molecule has 2 aromatic carbocycles. The van der Waals surface area contributed by atoms with Crippen molar-refractivity contribution in [1.82, 2.24) is 5.32 Å². The van der Waals surface area contributed by atoms with E-state index >= 15 is 0 Å². The van der Waals surface area contributed by atoms with E-state index in [9.17, 15) is 26.4 Å². The van der Waals surface area contributed by atoms with Gasteiger partial charge in [-0.25, -0.2) is 8.42 Å². The fourth-order valence-electron chi connectivity index (χ4n) is 2.25. The molecule has 0 fully saturated rings. The van der Waals surface area contributed by atoms with Gasteiger partial charge in [0.1, 0.15) is 6.54 Å². The van der Waals surface area contributed by atoms with E-state index in [1.54, 1.807) is 24.3 Å². The molecule has 0 spiro atoms. The molecule has 0 unspecified atom stereocenters. The molecule has 1 amide bonds. The van der Waals surface area contributed by atoms with Crippen LogP contribution in [0.4, 0.5) is 18.9 Å². The lowest BCUT2D eigenvalue weighted by Crippen LogP contribution is -2.40. The minimum absolute atomic E-state index is 0.146. The van der Waals surface area contributed by atoms with Gasteiger partial charge in [0, 0.05) is 10.1 Å². The van der Waals surface area contributed by atoms with Crippen LogP contribution in [0.3, 0.4) is 0 Å². The zero-order valence-electron chi connectivity index (χ0n) is 14.1. The van der Waals surface area contributed by atoms with E-state index in [-0.39, 0.29) is 12.1 Å². The molecule has 0 aliphatic heterocycles. The summed E-state index contributed by atoms with van der Waals surface area (Å²) in [6.45, 7) is -0.620. The smallest absolute Gasteiger partial charge is 0.350 e. The molecule has 27 heavy (non-hydrogen) atoms. The third-order valence-corrected chi connectivity index (χ3v) is 5.41. The number of carbonyl (C=O) groups excluding carboxylic acids is 1. The number of benzene rings is 2. The van der Waals surface area contributed by atoms with Crippen molar-refractivity contribution >= 4 is 44.2 Å². The van der Waals surface area contributed by atoms with Crippen LogP contribution in [0.2, 0.25) is 0 Å². The number of amides is 1. The Kier molecular flexibility index (Phi) is 6.73. The molecule has 146 valence electrons. The van der Waals surface area contributed by atoms with Gasteiger partial charge < -0.3 is 5.32 Å². The van der Waals surface area contributed by atoms with E-state index in [1.165, 1.54) is 12.1 Å². The fourth-order valence-corrected chi connectivity index (χ4v) is 3.47. The first-order valence-electron chi connectivity index (χ1n) is 7.63. The third kappa shape index (κ3) is 6.38. The molecule has 0 heterocycles. The first-order valence-corrected chi connectivity index (χ1v) is 10.6. The van der Waals surface area contributed by atoms with Crippen molar-refractivity contribution < 1.29 is 26.4 Å². The van der Waals surface area contributed by atoms with Crippen molar-refractivity contribution in [1.29, 1.82) is 0 Å². The topological polar surface area (TPSA) is 66.5 Å². The molecule has 10 heteroatoms. The van der Waals surface area contributed by atoms with E-state index in [2.05, 4.69) is 27.9 Å². The number of sulfonamides is 1. The van der Waals surface area contributed by atoms with Gasteiger partial charge in [-0.1, -0.05) is 12.1 Å². The van der Waals surface area contributed by atoms with Crippen LogP contribution in [-0.4, -0.2) is 27.1 Å². The zero-order chi connectivity index (χ0) is 20.2. The normalized spacial score (nSPS) is 11.9. The van der Waals surface area contributed by atoms with Crippen LogP contribution in [-0.2, 0) is 27.5 Å². The lowest BCUT2D eigenvalue weighted by molar-refractivity contribution is -0.137. The highest BCUT2D eigenvalue weighted by Gasteiger charge is 2.30. The molecular weight excluding hydrogens is 496 g/mol. The SMILES string of the molecule is CS(=O)(=O)N(CC(=O)NCc1cccc(C(F)(F)F)c1)c1ccc(I)cc1. The van der Waals surface area contributed by atoms with Crippen molar-refractivity contribution in [3.8, 4) is 0 Å². The number of halogens is 4. The maximum absolute atomic E-state index is 12.7. The monoisotopic (exact) mass is 512 g/mol. The number of rotatable bonds is 6. The van der Waals surface area contributed by atoms with Gasteiger partial charge in [-0.15, -0.1) is 0 Å². The number of hydrogen-bond acceptors (Lipinski definition) is 3. The number of carbonyl (C=O) groups is 1. The molecule has 2 rings (SSSR count). The first kappa shape index (κ1) is 21.5. The lowest BCUT2D eigenvalue weighted by atomic mass is 10.1. The highest BCUT2D eigenvalue weighted by Crippen LogP contribution is 2.29. The summed E-state index contributed by atoms with van der Waals surface area (Å²) in [5.74, 6) is -0.628. The van der Waals surface area contributed by atoms with Crippen LogP contribution in [0.25, 0.3) is 0 Å². The Morgan fingerprint density at radius 3 is 2.33 bits per heavy atom. The predicted molar refractivity (Wildman–Crippen MR) is 105 cm³/mol. The Morgan fingerprint density at radius 1 is 1.15 bits per heavy atom. The molecule has 0 aliphatic rings. The van der Waals surface area contributed by atoms with Crippen molar-refractivity contribution in [2.45, 2.75) is 12.7 Å². The summed E-state index contributed by atoms with van der Waals surface area (Å²) in [5.41, 5.74) is -0.226. The minimum atomic E-state index is -4.47. The first-order chi connectivity index (χ1) is 12.5. The van der Waals surface area contributed by atoms with E-state index in [1.807, 2.05) is 0 Å². The van der Waals surface area contributed by atoms with E-state index in [0.717, 1.165) is 26.3 Å². The highest BCUT2D eigenvalue weighted by molar-refractivity contribution is 14.1.